The largest absolute Gasteiger partial charge is 0.497 e. The first-order valence-corrected chi connectivity index (χ1v) is 19.1. The number of aromatic nitrogens is 3. The topological polar surface area (TPSA) is 93.9 Å². The Labute approximate surface area is 318 Å². The monoisotopic (exact) mass is 744 g/mol. The molecule has 278 valence electrons. The van der Waals surface area contributed by atoms with Crippen LogP contribution in [0.2, 0.25) is 0 Å². The normalized spacial score (nSPS) is 16.1. The number of hydroxylamine groups is 1. The number of hydrogen-bond donors (Lipinski definition) is 1. The molecule has 3 aliphatic rings. The molecule has 10 nitrogen and oxygen atoms in total. The number of carbonyl (C=O) groups excluding carboxylic acids is 2. The Hall–Kier alpha value is -3.71. The second-order valence-corrected chi connectivity index (χ2v) is 15.4. The van der Waals surface area contributed by atoms with E-state index in [1.807, 2.05) is 43.5 Å². The zero-order valence-electron chi connectivity index (χ0n) is 31.2. The maximum Gasteiger partial charge on any atom is 0.275 e. The van der Waals surface area contributed by atoms with E-state index < -0.39 is 0 Å². The maximum atomic E-state index is 13.9. The van der Waals surface area contributed by atoms with E-state index >= 15 is 0 Å². The van der Waals surface area contributed by atoms with Crippen molar-refractivity contribution in [2.75, 3.05) is 27.7 Å². The van der Waals surface area contributed by atoms with Gasteiger partial charge in [-0.15, -0.1) is 0 Å². The molecular weight excluding hydrogens is 693 g/mol. The van der Waals surface area contributed by atoms with E-state index in [2.05, 4.69) is 52.9 Å². The summed E-state index contributed by atoms with van der Waals surface area (Å²) in [5.41, 5.74) is 11.4. The molecule has 52 heavy (non-hydrogen) atoms. The first-order chi connectivity index (χ1) is 24.7. The highest BCUT2D eigenvalue weighted by atomic mass is 32.2. The van der Waals surface area contributed by atoms with Gasteiger partial charge in [0.05, 0.1) is 42.8 Å². The minimum absolute atomic E-state index is 0. The number of amides is 2. The third-order valence-electron chi connectivity index (χ3n) is 11.1. The molecule has 2 aromatic heterocycles. The molecule has 7 rings (SSSR count). The van der Waals surface area contributed by atoms with E-state index in [1.54, 1.807) is 18.2 Å². The molecule has 0 atom stereocenters. The summed E-state index contributed by atoms with van der Waals surface area (Å²) in [5.74, 6) is 0.845. The van der Waals surface area contributed by atoms with Gasteiger partial charge in [0.15, 0.2) is 0 Å². The van der Waals surface area contributed by atoms with Gasteiger partial charge in [-0.2, -0.15) is 22.9 Å². The molecule has 0 bridgehead atoms. The van der Waals surface area contributed by atoms with Gasteiger partial charge < -0.3 is 14.2 Å². The fraction of sp³-hybridized carbons (Fsp3) is 0.475. The van der Waals surface area contributed by atoms with Gasteiger partial charge >= 0.3 is 0 Å². The van der Waals surface area contributed by atoms with Gasteiger partial charge in [0, 0.05) is 41.7 Å². The number of rotatable bonds is 11. The van der Waals surface area contributed by atoms with E-state index in [4.69, 9.17) is 14.1 Å². The van der Waals surface area contributed by atoms with E-state index in [9.17, 15) is 9.59 Å². The average molecular weight is 745 g/mol. The van der Waals surface area contributed by atoms with E-state index in [0.29, 0.717) is 30.1 Å². The van der Waals surface area contributed by atoms with Crippen molar-refractivity contribution in [3.63, 3.8) is 0 Å². The summed E-state index contributed by atoms with van der Waals surface area (Å²) in [7, 11) is 5.47. The highest BCUT2D eigenvalue weighted by Crippen LogP contribution is 2.48. The lowest BCUT2D eigenvalue weighted by atomic mass is 9.81. The first kappa shape index (κ1) is 38.0. The SMILES string of the molecule is CCN(C)C(=O)c1cnn(C2CCC2)c1C1=Cc2cc(OC)ccc2-c2c(C3CCCCC3)c3ccc(C(=O)NOSN(C)C(C)C)cc3n2C1.S. The number of hydrogen-bond acceptors (Lipinski definition) is 7. The molecule has 2 amide bonds. The van der Waals surface area contributed by atoms with Crippen LogP contribution in [0.1, 0.15) is 122 Å². The Bertz CT molecular complexity index is 1970. The predicted octanol–water partition coefficient (Wildman–Crippen LogP) is 8.61. The first-order valence-electron chi connectivity index (χ1n) is 18.4. The minimum atomic E-state index is -0.301. The Morgan fingerprint density at radius 1 is 1.02 bits per heavy atom. The third-order valence-corrected chi connectivity index (χ3v) is 12.0. The number of methoxy groups -OCH3 is 1. The van der Waals surface area contributed by atoms with Crippen LogP contribution < -0.4 is 10.2 Å². The standard InChI is InChI=1S/C40H50N6O4S.H2S/c1-7-43(4)40(48)34-23-41-46(30-14-11-15-30)37(34)29-20-28-21-31(49-6)17-19-32(28)38-36(26-12-9-8-10-13-26)33-18-16-27(22-35(33)45(38)24-29)39(47)42-50-51-44(5)25(2)3;/h16-23,25-26,30H,7-15,24H2,1-6H3,(H,42,47);1H2. The third kappa shape index (κ3) is 7.14. The van der Waals surface area contributed by atoms with Gasteiger partial charge in [0.1, 0.15) is 18.0 Å². The fourth-order valence-electron chi connectivity index (χ4n) is 7.68. The lowest BCUT2D eigenvalue weighted by molar-refractivity contribution is 0.0786. The van der Waals surface area contributed by atoms with Crippen LogP contribution in [-0.4, -0.2) is 69.2 Å². The van der Waals surface area contributed by atoms with Crippen molar-refractivity contribution < 1.29 is 18.6 Å². The summed E-state index contributed by atoms with van der Waals surface area (Å²) in [6.45, 7) is 7.23. The molecule has 2 saturated carbocycles. The molecule has 0 saturated heterocycles. The smallest absolute Gasteiger partial charge is 0.275 e. The number of ether oxygens (including phenoxy) is 1. The minimum Gasteiger partial charge on any atom is -0.497 e. The van der Waals surface area contributed by atoms with Crippen LogP contribution in [0.3, 0.4) is 0 Å². The summed E-state index contributed by atoms with van der Waals surface area (Å²) < 4.78 is 17.7. The van der Waals surface area contributed by atoms with E-state index in [-0.39, 0.29) is 37.4 Å². The fourth-order valence-corrected chi connectivity index (χ4v) is 8.09. The van der Waals surface area contributed by atoms with Crippen LogP contribution in [-0.2, 0) is 10.8 Å². The molecule has 0 radical (unpaired) electrons. The Balaban J connectivity index is 0.00000464. The van der Waals surface area contributed by atoms with Crippen molar-refractivity contribution in [2.45, 2.75) is 96.7 Å². The molecule has 4 aromatic rings. The second kappa shape index (κ2) is 16.1. The van der Waals surface area contributed by atoms with Gasteiger partial charge in [-0.3, -0.25) is 14.3 Å². The van der Waals surface area contributed by atoms with Crippen molar-refractivity contribution in [1.82, 2.24) is 29.0 Å². The van der Waals surface area contributed by atoms with Crippen molar-refractivity contribution in [3.05, 3.63) is 70.5 Å². The predicted molar refractivity (Wildman–Crippen MR) is 215 cm³/mol. The highest BCUT2D eigenvalue weighted by Gasteiger charge is 2.34. The zero-order chi connectivity index (χ0) is 35.8. The number of carbonyl (C=O) groups is 2. The summed E-state index contributed by atoms with van der Waals surface area (Å²) >= 11 is 1.11. The van der Waals surface area contributed by atoms with Crippen molar-refractivity contribution in [2.24, 2.45) is 0 Å². The van der Waals surface area contributed by atoms with Crippen LogP contribution in [0, 0.1) is 0 Å². The van der Waals surface area contributed by atoms with Gasteiger partial charge in [-0.25, -0.2) is 9.79 Å². The number of benzene rings is 2. The molecule has 2 aliphatic carbocycles. The molecule has 2 aromatic carbocycles. The highest BCUT2D eigenvalue weighted by molar-refractivity contribution is 7.92. The number of nitrogens with one attached hydrogen (secondary N) is 1. The number of fused-ring (bicyclic) bond motifs is 5. The molecule has 1 N–H and O–H groups in total. The molecule has 0 unspecified atom stereocenters. The summed E-state index contributed by atoms with van der Waals surface area (Å²) in [5, 5.41) is 6.05. The van der Waals surface area contributed by atoms with Crippen LogP contribution >= 0.6 is 25.7 Å². The molecule has 12 heteroatoms. The van der Waals surface area contributed by atoms with Gasteiger partial charge in [-0.1, -0.05) is 25.3 Å². The summed E-state index contributed by atoms with van der Waals surface area (Å²) in [6, 6.07) is 12.9. The lowest BCUT2D eigenvalue weighted by Crippen LogP contribution is -2.28. The molecular formula is C40H52N6O4S2. The number of nitrogens with zero attached hydrogens (tertiary/aromatic N) is 5. The lowest BCUT2D eigenvalue weighted by Gasteiger charge is -2.28. The maximum absolute atomic E-state index is 13.9. The molecule has 3 heterocycles. The van der Waals surface area contributed by atoms with Crippen molar-refractivity contribution in [1.29, 1.82) is 0 Å². The van der Waals surface area contributed by atoms with Crippen molar-refractivity contribution in [3.8, 4) is 17.0 Å². The van der Waals surface area contributed by atoms with Gasteiger partial charge in [0.25, 0.3) is 11.8 Å². The average Bonchev–Trinajstić information content (AvgIpc) is 3.63. The van der Waals surface area contributed by atoms with Gasteiger partial charge in [0.2, 0.25) is 0 Å². The van der Waals surface area contributed by atoms with E-state index in [1.165, 1.54) is 35.9 Å². The van der Waals surface area contributed by atoms with Crippen LogP contribution in [0.25, 0.3) is 33.8 Å². The second-order valence-electron chi connectivity index (χ2n) is 14.5. The van der Waals surface area contributed by atoms with Crippen LogP contribution in [0.4, 0.5) is 0 Å². The Morgan fingerprint density at radius 3 is 2.46 bits per heavy atom. The molecule has 0 spiro atoms. The Kier molecular flexibility index (Phi) is 11.8. The van der Waals surface area contributed by atoms with Gasteiger partial charge in [-0.05, 0) is 119 Å². The zero-order valence-corrected chi connectivity index (χ0v) is 33.0. The van der Waals surface area contributed by atoms with Crippen molar-refractivity contribution >= 4 is 60.1 Å². The summed E-state index contributed by atoms with van der Waals surface area (Å²) in [6.07, 6.45) is 13.2. The summed E-state index contributed by atoms with van der Waals surface area (Å²) in [4.78, 5) is 29.2. The molecule has 2 fully saturated rings. The quantitative estimate of drug-likeness (QED) is 0.0934. The van der Waals surface area contributed by atoms with Crippen LogP contribution in [0.15, 0.2) is 42.6 Å². The number of allylic oxidation sites excluding steroid dienone is 1. The Morgan fingerprint density at radius 2 is 1.79 bits per heavy atom. The van der Waals surface area contributed by atoms with E-state index in [0.717, 1.165) is 78.0 Å². The molecule has 1 aliphatic heterocycles. The van der Waals surface area contributed by atoms with Crippen LogP contribution in [0.5, 0.6) is 5.75 Å².